The van der Waals surface area contributed by atoms with E-state index in [1.807, 2.05) is 7.05 Å². The van der Waals surface area contributed by atoms with Gasteiger partial charge in [0.1, 0.15) is 0 Å². The molecule has 1 aliphatic rings. The normalized spacial score (nSPS) is 17.2. The van der Waals surface area contributed by atoms with Crippen molar-refractivity contribution in [1.29, 1.82) is 0 Å². The van der Waals surface area contributed by atoms with Gasteiger partial charge >= 0.3 is 0 Å². The van der Waals surface area contributed by atoms with E-state index in [1.54, 1.807) is 18.4 Å². The van der Waals surface area contributed by atoms with Gasteiger partial charge in [-0.2, -0.15) is 0 Å². The summed E-state index contributed by atoms with van der Waals surface area (Å²) in [7, 11) is 3.63. The molecule has 0 atom stereocenters. The Labute approximate surface area is 150 Å². The molecule has 1 heterocycles. The van der Waals surface area contributed by atoms with Crippen molar-refractivity contribution in [1.82, 2.24) is 15.6 Å². The van der Waals surface area contributed by atoms with Crippen LogP contribution in [0.3, 0.4) is 0 Å². The van der Waals surface area contributed by atoms with Crippen LogP contribution in [0.5, 0.6) is 0 Å². The van der Waals surface area contributed by atoms with Gasteiger partial charge in [-0.15, -0.1) is 11.3 Å². The molecule has 1 saturated carbocycles. The fourth-order valence-electron chi connectivity index (χ4n) is 3.55. The second kappa shape index (κ2) is 9.37. The minimum absolute atomic E-state index is 0.374. The Kier molecular flexibility index (Phi) is 7.49. The lowest BCUT2D eigenvalue weighted by molar-refractivity contribution is 0.138. The Morgan fingerprint density at radius 1 is 1.29 bits per heavy atom. The first kappa shape index (κ1) is 19.2. The Balaban J connectivity index is 1.78. The summed E-state index contributed by atoms with van der Waals surface area (Å²) in [6, 6.07) is 0. The standard InChI is InChI=1S/C18H32N4OS/c1-14-16(24-15(2)22-14)7-11-20-17(19-3)21-13-18(10-12-23-4)8-5-6-9-18/h5-13H2,1-4H3,(H2,19,20,21). The van der Waals surface area contributed by atoms with Crippen LogP contribution >= 0.6 is 11.3 Å². The van der Waals surface area contributed by atoms with Crippen LogP contribution in [-0.2, 0) is 11.2 Å². The van der Waals surface area contributed by atoms with Crippen LogP contribution in [0.15, 0.2) is 4.99 Å². The molecular formula is C18H32N4OS. The van der Waals surface area contributed by atoms with Gasteiger partial charge in [0.2, 0.25) is 0 Å². The van der Waals surface area contributed by atoms with E-state index in [0.717, 1.165) is 49.2 Å². The smallest absolute Gasteiger partial charge is 0.191 e. The van der Waals surface area contributed by atoms with E-state index in [2.05, 4.69) is 34.5 Å². The number of aliphatic imine (C=N–C) groups is 1. The highest BCUT2D eigenvalue weighted by atomic mass is 32.1. The number of nitrogens with zero attached hydrogens (tertiary/aromatic N) is 2. The predicted molar refractivity (Wildman–Crippen MR) is 102 cm³/mol. The number of hydrogen-bond acceptors (Lipinski definition) is 4. The molecule has 1 aromatic rings. The SMILES string of the molecule is CN=C(NCCc1sc(C)nc1C)NCC1(CCOC)CCCC1. The molecule has 0 radical (unpaired) electrons. The van der Waals surface area contributed by atoms with E-state index in [0.29, 0.717) is 5.41 Å². The fraction of sp³-hybridized carbons (Fsp3) is 0.778. The summed E-state index contributed by atoms with van der Waals surface area (Å²) in [5.41, 5.74) is 1.53. The number of hydrogen-bond donors (Lipinski definition) is 2. The number of methoxy groups -OCH3 is 1. The topological polar surface area (TPSA) is 58.5 Å². The lowest BCUT2D eigenvalue weighted by Gasteiger charge is -2.29. The number of ether oxygens (including phenoxy) is 1. The summed E-state index contributed by atoms with van der Waals surface area (Å²) in [5.74, 6) is 0.901. The number of guanidine groups is 1. The predicted octanol–water partition coefficient (Wildman–Crippen LogP) is 3.06. The molecule has 2 N–H and O–H groups in total. The van der Waals surface area contributed by atoms with Crippen molar-refractivity contribution in [2.24, 2.45) is 10.4 Å². The van der Waals surface area contributed by atoms with Crippen LogP contribution in [0.1, 0.15) is 47.7 Å². The van der Waals surface area contributed by atoms with E-state index in [4.69, 9.17) is 4.74 Å². The highest BCUT2D eigenvalue weighted by molar-refractivity contribution is 7.11. The average Bonchev–Trinajstić information content (AvgIpc) is 3.16. The molecule has 24 heavy (non-hydrogen) atoms. The highest BCUT2D eigenvalue weighted by Gasteiger charge is 2.33. The number of nitrogens with one attached hydrogen (secondary N) is 2. The van der Waals surface area contributed by atoms with E-state index < -0.39 is 0 Å². The first-order chi connectivity index (χ1) is 11.6. The summed E-state index contributed by atoms with van der Waals surface area (Å²) >= 11 is 1.79. The number of aromatic nitrogens is 1. The molecule has 2 rings (SSSR count). The van der Waals surface area contributed by atoms with Crippen LogP contribution in [0.4, 0.5) is 0 Å². The molecular weight excluding hydrogens is 320 g/mol. The third kappa shape index (κ3) is 5.45. The zero-order valence-corrected chi connectivity index (χ0v) is 16.4. The largest absolute Gasteiger partial charge is 0.385 e. The van der Waals surface area contributed by atoms with E-state index in [1.165, 1.54) is 30.6 Å². The van der Waals surface area contributed by atoms with Gasteiger partial charge in [-0.05, 0) is 38.5 Å². The lowest BCUT2D eigenvalue weighted by Crippen LogP contribution is -2.43. The first-order valence-corrected chi connectivity index (χ1v) is 9.76. The number of rotatable bonds is 8. The maximum atomic E-state index is 5.31. The minimum atomic E-state index is 0.374. The van der Waals surface area contributed by atoms with Crippen molar-refractivity contribution < 1.29 is 4.74 Å². The molecule has 1 aliphatic carbocycles. The van der Waals surface area contributed by atoms with E-state index in [-0.39, 0.29) is 0 Å². The molecule has 0 saturated heterocycles. The van der Waals surface area contributed by atoms with E-state index in [9.17, 15) is 0 Å². The molecule has 6 heteroatoms. The van der Waals surface area contributed by atoms with Crippen molar-refractivity contribution >= 4 is 17.3 Å². The van der Waals surface area contributed by atoms with Crippen LogP contribution in [0.25, 0.3) is 0 Å². The molecule has 0 aromatic carbocycles. The van der Waals surface area contributed by atoms with Crippen molar-refractivity contribution in [3.63, 3.8) is 0 Å². The zero-order chi connectivity index (χ0) is 17.4. The molecule has 1 fully saturated rings. The first-order valence-electron chi connectivity index (χ1n) is 8.95. The van der Waals surface area contributed by atoms with Crippen LogP contribution in [0, 0.1) is 19.3 Å². The van der Waals surface area contributed by atoms with Crippen LogP contribution in [-0.4, -0.2) is 44.8 Å². The van der Waals surface area contributed by atoms with Gasteiger partial charge in [-0.1, -0.05) is 12.8 Å². The second-order valence-electron chi connectivity index (χ2n) is 6.79. The molecule has 0 spiro atoms. The molecule has 5 nitrogen and oxygen atoms in total. The zero-order valence-electron chi connectivity index (χ0n) is 15.6. The molecule has 1 aromatic heterocycles. The van der Waals surface area contributed by atoms with Crippen molar-refractivity contribution in [2.75, 3.05) is 33.9 Å². The molecule has 136 valence electrons. The summed E-state index contributed by atoms with van der Waals surface area (Å²) in [4.78, 5) is 10.2. The molecule has 0 bridgehead atoms. The van der Waals surface area contributed by atoms with Gasteiger partial charge in [-0.25, -0.2) is 4.98 Å². The maximum absolute atomic E-state index is 5.31. The second-order valence-corrected chi connectivity index (χ2v) is 8.08. The van der Waals surface area contributed by atoms with Gasteiger partial charge < -0.3 is 15.4 Å². The van der Waals surface area contributed by atoms with Crippen molar-refractivity contribution in [3.8, 4) is 0 Å². The van der Waals surface area contributed by atoms with Crippen molar-refractivity contribution in [3.05, 3.63) is 15.6 Å². The third-order valence-corrected chi connectivity index (χ3v) is 6.13. The fourth-order valence-corrected chi connectivity index (χ4v) is 4.49. The Hall–Kier alpha value is -1.14. The van der Waals surface area contributed by atoms with Gasteiger partial charge in [0, 0.05) is 45.2 Å². The quantitative estimate of drug-likeness (QED) is 0.558. The Morgan fingerprint density at radius 3 is 2.62 bits per heavy atom. The monoisotopic (exact) mass is 352 g/mol. The van der Waals surface area contributed by atoms with Gasteiger partial charge in [0.25, 0.3) is 0 Å². The van der Waals surface area contributed by atoms with Crippen LogP contribution < -0.4 is 10.6 Å². The molecule has 0 amide bonds. The van der Waals surface area contributed by atoms with Crippen LogP contribution in [0.2, 0.25) is 0 Å². The summed E-state index contributed by atoms with van der Waals surface area (Å²) in [5, 5.41) is 8.12. The summed E-state index contributed by atoms with van der Waals surface area (Å²) in [6.07, 6.45) is 7.38. The Morgan fingerprint density at radius 2 is 2.04 bits per heavy atom. The number of aryl methyl sites for hydroxylation is 2. The summed E-state index contributed by atoms with van der Waals surface area (Å²) in [6.45, 7) is 6.86. The third-order valence-electron chi connectivity index (χ3n) is 5.00. The molecule has 0 aliphatic heterocycles. The maximum Gasteiger partial charge on any atom is 0.191 e. The van der Waals surface area contributed by atoms with Gasteiger partial charge in [-0.3, -0.25) is 4.99 Å². The van der Waals surface area contributed by atoms with E-state index >= 15 is 0 Å². The van der Waals surface area contributed by atoms with Gasteiger partial charge in [0.15, 0.2) is 5.96 Å². The lowest BCUT2D eigenvalue weighted by atomic mass is 9.83. The number of thiazole rings is 1. The summed E-state index contributed by atoms with van der Waals surface area (Å²) < 4.78 is 5.31. The average molecular weight is 353 g/mol. The van der Waals surface area contributed by atoms with Crippen molar-refractivity contribution in [2.45, 2.75) is 52.4 Å². The highest BCUT2D eigenvalue weighted by Crippen LogP contribution is 2.40. The molecule has 0 unspecified atom stereocenters. The Bertz CT molecular complexity index is 535. The van der Waals surface area contributed by atoms with Gasteiger partial charge in [0.05, 0.1) is 10.7 Å². The minimum Gasteiger partial charge on any atom is -0.385 e.